The number of halogens is 1. The van der Waals surface area contributed by atoms with Crippen LogP contribution in [0.2, 0.25) is 0 Å². The van der Waals surface area contributed by atoms with E-state index in [-0.39, 0.29) is 30.1 Å². The summed E-state index contributed by atoms with van der Waals surface area (Å²) in [5, 5.41) is 9.48. The maximum atomic E-state index is 11.8. The molecule has 158 valence electrons. The number of likely N-dealkylation sites (tertiary alicyclic amines) is 1. The predicted molar refractivity (Wildman–Crippen MR) is 129 cm³/mol. The van der Waals surface area contributed by atoms with Gasteiger partial charge in [-0.3, -0.25) is 4.99 Å². The molecule has 0 aliphatic carbocycles. The molecule has 0 aromatic heterocycles. The molecule has 1 amide bonds. The Kier molecular flexibility index (Phi) is 9.50. The lowest BCUT2D eigenvalue weighted by atomic mass is 10.0. The standard InChI is InChI=1S/C22H30N4O2.HI/c1-3-28-22(27)26-15-12-19(13-16-26)25-21(23-2)24-14-11-18-9-6-8-17-7-4-5-10-20(17)18;/h4-10,19H,3,11-16H2,1-2H3,(H2,23,24,25);1H. The van der Waals surface area contributed by atoms with Crippen LogP contribution in [0, 0.1) is 0 Å². The number of rotatable bonds is 5. The Bertz CT molecular complexity index is 814. The molecule has 0 saturated carbocycles. The molecule has 0 unspecified atom stereocenters. The van der Waals surface area contributed by atoms with Gasteiger partial charge in [-0.2, -0.15) is 0 Å². The molecule has 1 aliphatic heterocycles. The highest BCUT2D eigenvalue weighted by atomic mass is 127. The molecule has 0 bridgehead atoms. The highest BCUT2D eigenvalue weighted by molar-refractivity contribution is 14.0. The van der Waals surface area contributed by atoms with E-state index in [1.165, 1.54) is 16.3 Å². The number of ether oxygens (including phenoxy) is 1. The van der Waals surface area contributed by atoms with Crippen molar-refractivity contribution in [2.75, 3.05) is 33.3 Å². The van der Waals surface area contributed by atoms with Gasteiger partial charge in [0.2, 0.25) is 0 Å². The molecule has 29 heavy (non-hydrogen) atoms. The van der Waals surface area contributed by atoms with Crippen molar-refractivity contribution in [3.05, 3.63) is 48.0 Å². The fourth-order valence-corrected chi connectivity index (χ4v) is 3.64. The van der Waals surface area contributed by atoms with Crippen molar-refractivity contribution in [1.29, 1.82) is 0 Å². The smallest absolute Gasteiger partial charge is 0.409 e. The first kappa shape index (κ1) is 23.3. The second-order valence-electron chi connectivity index (χ2n) is 6.99. The van der Waals surface area contributed by atoms with E-state index < -0.39 is 0 Å². The predicted octanol–water partition coefficient (Wildman–Crippen LogP) is 3.79. The number of carbonyl (C=O) groups excluding carboxylic acids is 1. The summed E-state index contributed by atoms with van der Waals surface area (Å²) in [5.74, 6) is 0.815. The van der Waals surface area contributed by atoms with Crippen LogP contribution in [0.4, 0.5) is 4.79 Å². The first-order valence-electron chi connectivity index (χ1n) is 10.1. The summed E-state index contributed by atoms with van der Waals surface area (Å²) in [7, 11) is 1.79. The number of carbonyl (C=O) groups is 1. The topological polar surface area (TPSA) is 66.0 Å². The van der Waals surface area contributed by atoms with Crippen LogP contribution in [0.5, 0.6) is 0 Å². The minimum atomic E-state index is -0.210. The molecule has 1 fully saturated rings. The fourth-order valence-electron chi connectivity index (χ4n) is 3.64. The van der Waals surface area contributed by atoms with Crippen molar-refractivity contribution in [3.8, 4) is 0 Å². The Morgan fingerprint density at radius 2 is 1.90 bits per heavy atom. The molecule has 2 aromatic rings. The van der Waals surface area contributed by atoms with E-state index in [9.17, 15) is 4.79 Å². The maximum absolute atomic E-state index is 11.8. The van der Waals surface area contributed by atoms with Gasteiger partial charge in [-0.15, -0.1) is 24.0 Å². The third kappa shape index (κ3) is 6.48. The van der Waals surface area contributed by atoms with Crippen molar-refractivity contribution in [1.82, 2.24) is 15.5 Å². The van der Waals surface area contributed by atoms with Gasteiger partial charge in [0.15, 0.2) is 5.96 Å². The zero-order chi connectivity index (χ0) is 19.8. The molecular formula is C22H31IN4O2. The number of piperidine rings is 1. The number of hydrogen-bond donors (Lipinski definition) is 2. The summed E-state index contributed by atoms with van der Waals surface area (Å²) >= 11 is 0. The van der Waals surface area contributed by atoms with Gasteiger partial charge >= 0.3 is 6.09 Å². The van der Waals surface area contributed by atoms with E-state index in [2.05, 4.69) is 58.1 Å². The number of benzene rings is 2. The second kappa shape index (κ2) is 11.8. The summed E-state index contributed by atoms with van der Waals surface area (Å²) in [6, 6.07) is 15.2. The number of aliphatic imine (C=N–C) groups is 1. The van der Waals surface area contributed by atoms with E-state index in [4.69, 9.17) is 4.74 Å². The minimum absolute atomic E-state index is 0. The van der Waals surface area contributed by atoms with Crippen LogP contribution >= 0.6 is 24.0 Å². The van der Waals surface area contributed by atoms with E-state index in [1.54, 1.807) is 11.9 Å². The maximum Gasteiger partial charge on any atom is 0.409 e. The Hall–Kier alpha value is -2.03. The molecule has 1 aliphatic rings. The molecule has 2 aromatic carbocycles. The lowest BCUT2D eigenvalue weighted by Gasteiger charge is -2.32. The van der Waals surface area contributed by atoms with Gasteiger partial charge in [0.05, 0.1) is 6.61 Å². The first-order chi connectivity index (χ1) is 13.7. The minimum Gasteiger partial charge on any atom is -0.450 e. The van der Waals surface area contributed by atoms with E-state index in [1.807, 2.05) is 6.92 Å². The number of amides is 1. The second-order valence-corrected chi connectivity index (χ2v) is 6.99. The van der Waals surface area contributed by atoms with Crippen LogP contribution < -0.4 is 10.6 Å². The Labute approximate surface area is 190 Å². The Balaban J connectivity index is 0.00000300. The SMILES string of the molecule is CCOC(=O)N1CCC(NC(=NC)NCCc2cccc3ccccc23)CC1.I. The summed E-state index contributed by atoms with van der Waals surface area (Å²) in [6.07, 6.45) is 2.51. The third-order valence-electron chi connectivity index (χ3n) is 5.15. The summed E-state index contributed by atoms with van der Waals surface area (Å²) in [5.41, 5.74) is 1.34. The van der Waals surface area contributed by atoms with Gasteiger partial charge < -0.3 is 20.3 Å². The molecule has 2 N–H and O–H groups in total. The molecular weight excluding hydrogens is 479 g/mol. The number of hydrogen-bond acceptors (Lipinski definition) is 3. The number of nitrogens with one attached hydrogen (secondary N) is 2. The quantitative estimate of drug-likeness (QED) is 0.365. The molecule has 7 heteroatoms. The van der Waals surface area contributed by atoms with Crippen molar-refractivity contribution in [3.63, 3.8) is 0 Å². The molecule has 3 rings (SSSR count). The van der Waals surface area contributed by atoms with Crippen LogP contribution in [0.3, 0.4) is 0 Å². The molecule has 0 atom stereocenters. The summed E-state index contributed by atoms with van der Waals surface area (Å²) < 4.78 is 5.08. The normalized spacial score (nSPS) is 15.0. The monoisotopic (exact) mass is 510 g/mol. The van der Waals surface area contributed by atoms with Crippen LogP contribution in [0.25, 0.3) is 10.8 Å². The van der Waals surface area contributed by atoms with Gasteiger partial charge in [0.25, 0.3) is 0 Å². The van der Waals surface area contributed by atoms with Gasteiger partial charge in [0.1, 0.15) is 0 Å². The molecule has 0 spiro atoms. The average molecular weight is 510 g/mol. The number of guanidine groups is 1. The van der Waals surface area contributed by atoms with E-state index >= 15 is 0 Å². The van der Waals surface area contributed by atoms with Crippen LogP contribution in [0.1, 0.15) is 25.3 Å². The molecule has 0 radical (unpaired) electrons. The summed E-state index contributed by atoms with van der Waals surface area (Å²) in [4.78, 5) is 17.9. The van der Waals surface area contributed by atoms with E-state index in [0.29, 0.717) is 25.7 Å². The highest BCUT2D eigenvalue weighted by Gasteiger charge is 2.23. The summed E-state index contributed by atoms with van der Waals surface area (Å²) in [6.45, 7) is 4.49. The number of nitrogens with zero attached hydrogens (tertiary/aromatic N) is 2. The third-order valence-corrected chi connectivity index (χ3v) is 5.15. The van der Waals surface area contributed by atoms with Crippen LogP contribution in [0.15, 0.2) is 47.5 Å². The van der Waals surface area contributed by atoms with Crippen molar-refractivity contribution < 1.29 is 9.53 Å². The van der Waals surface area contributed by atoms with Crippen molar-refractivity contribution in [2.24, 2.45) is 4.99 Å². The average Bonchev–Trinajstić information content (AvgIpc) is 2.74. The number of fused-ring (bicyclic) bond motifs is 1. The van der Waals surface area contributed by atoms with E-state index in [0.717, 1.165) is 31.8 Å². The fraction of sp³-hybridized carbons (Fsp3) is 0.455. The first-order valence-corrected chi connectivity index (χ1v) is 10.1. The lowest BCUT2D eigenvalue weighted by Crippen LogP contribution is -2.50. The van der Waals surface area contributed by atoms with Crippen LogP contribution in [-0.4, -0.2) is 56.3 Å². The largest absolute Gasteiger partial charge is 0.450 e. The lowest BCUT2D eigenvalue weighted by molar-refractivity contribution is 0.0963. The van der Waals surface area contributed by atoms with Gasteiger partial charge in [0, 0.05) is 32.7 Å². The molecule has 6 nitrogen and oxygen atoms in total. The zero-order valence-electron chi connectivity index (χ0n) is 17.2. The van der Waals surface area contributed by atoms with Crippen molar-refractivity contribution >= 4 is 46.8 Å². The van der Waals surface area contributed by atoms with Crippen molar-refractivity contribution in [2.45, 2.75) is 32.2 Å². The zero-order valence-corrected chi connectivity index (χ0v) is 19.5. The highest BCUT2D eigenvalue weighted by Crippen LogP contribution is 2.18. The Morgan fingerprint density at radius 1 is 1.17 bits per heavy atom. The Morgan fingerprint density at radius 3 is 2.62 bits per heavy atom. The van der Waals surface area contributed by atoms with Crippen LogP contribution in [-0.2, 0) is 11.2 Å². The molecule has 1 saturated heterocycles. The van der Waals surface area contributed by atoms with Gasteiger partial charge in [-0.05, 0) is 42.5 Å². The van der Waals surface area contributed by atoms with Gasteiger partial charge in [-0.1, -0.05) is 42.5 Å². The molecule has 1 heterocycles. The van der Waals surface area contributed by atoms with Gasteiger partial charge in [-0.25, -0.2) is 4.79 Å².